The molecule has 3 heterocycles. The fourth-order valence-corrected chi connectivity index (χ4v) is 4.74. The molecule has 2 fully saturated rings. The number of Topliss-reactive ketones (excluding diaryl/α,β-unsaturated/α-hetero) is 1. The summed E-state index contributed by atoms with van der Waals surface area (Å²) in [6, 6.07) is 8.81. The lowest BCUT2D eigenvalue weighted by molar-refractivity contribution is -0.142. The van der Waals surface area contributed by atoms with Crippen LogP contribution in [0.4, 0.5) is 4.79 Å². The van der Waals surface area contributed by atoms with Crippen molar-refractivity contribution in [1.29, 1.82) is 0 Å². The number of amides is 2. The van der Waals surface area contributed by atoms with Crippen molar-refractivity contribution in [2.24, 2.45) is 0 Å². The number of aliphatic hydroxyl groups excluding tert-OH is 1. The fraction of sp³-hybridized carbons (Fsp3) is 0.385. The van der Waals surface area contributed by atoms with E-state index in [0.29, 0.717) is 43.1 Å². The Morgan fingerprint density at radius 3 is 2.47 bits per heavy atom. The van der Waals surface area contributed by atoms with Crippen molar-refractivity contribution < 1.29 is 33.7 Å². The average molecular weight is 496 g/mol. The number of hydrogen-bond donors (Lipinski definition) is 1. The van der Waals surface area contributed by atoms with E-state index >= 15 is 0 Å². The van der Waals surface area contributed by atoms with E-state index in [1.165, 1.54) is 19.1 Å². The summed E-state index contributed by atoms with van der Waals surface area (Å²) < 4.78 is 15.8. The monoisotopic (exact) mass is 495 g/mol. The molecule has 1 unspecified atom stereocenters. The van der Waals surface area contributed by atoms with Gasteiger partial charge in [0.05, 0.1) is 37.7 Å². The van der Waals surface area contributed by atoms with E-state index < -0.39 is 23.8 Å². The van der Waals surface area contributed by atoms with E-state index in [1.807, 2.05) is 0 Å². The van der Waals surface area contributed by atoms with Crippen LogP contribution in [0.2, 0.25) is 0 Å². The van der Waals surface area contributed by atoms with Crippen LogP contribution in [-0.2, 0) is 14.3 Å². The highest BCUT2D eigenvalue weighted by Gasteiger charge is 2.50. The van der Waals surface area contributed by atoms with Crippen LogP contribution in [0.1, 0.15) is 37.1 Å². The summed E-state index contributed by atoms with van der Waals surface area (Å²) in [5.41, 5.74) is 0.610. The summed E-state index contributed by atoms with van der Waals surface area (Å²) in [7, 11) is 2.94. The quantitative estimate of drug-likeness (QED) is 0.369. The van der Waals surface area contributed by atoms with Gasteiger partial charge in [-0.3, -0.25) is 14.6 Å². The van der Waals surface area contributed by atoms with Crippen LogP contribution in [0.3, 0.4) is 0 Å². The van der Waals surface area contributed by atoms with Gasteiger partial charge >= 0.3 is 6.09 Å². The van der Waals surface area contributed by atoms with Gasteiger partial charge in [0.2, 0.25) is 0 Å². The number of carbonyl (C=O) groups is 3. The number of hydrogen-bond acceptors (Lipinski definition) is 8. The summed E-state index contributed by atoms with van der Waals surface area (Å²) >= 11 is 0. The molecule has 1 aromatic carbocycles. The summed E-state index contributed by atoms with van der Waals surface area (Å²) in [4.78, 5) is 46.4. The molecule has 36 heavy (non-hydrogen) atoms. The van der Waals surface area contributed by atoms with Crippen molar-refractivity contribution >= 4 is 23.5 Å². The Bertz CT molecular complexity index is 1170. The standard InChI is InChI=1S/C26H29N3O7/c1-4-36-26(33)28-13-10-16(11-14-28)29-22(19-7-5-6-12-27-19)21(24(31)25(29)32)23(30)18-15-17(34-2)8-9-20(18)35-3/h5-9,12,15-16,22,30H,4,10-11,13-14H2,1-3H3/b23-21+. The Kier molecular flexibility index (Phi) is 7.42. The largest absolute Gasteiger partial charge is 0.507 e. The number of methoxy groups -OCH3 is 2. The van der Waals surface area contributed by atoms with E-state index in [1.54, 1.807) is 54.4 Å². The molecule has 2 amide bonds. The maximum atomic E-state index is 13.4. The van der Waals surface area contributed by atoms with Crippen LogP contribution < -0.4 is 9.47 Å². The molecule has 0 saturated carbocycles. The van der Waals surface area contributed by atoms with Gasteiger partial charge in [-0.25, -0.2) is 4.79 Å². The van der Waals surface area contributed by atoms with E-state index in [2.05, 4.69) is 4.98 Å². The molecule has 0 spiro atoms. The number of rotatable bonds is 6. The number of pyridine rings is 1. The molecule has 0 aliphatic carbocycles. The number of carbonyl (C=O) groups excluding carboxylic acids is 3. The van der Waals surface area contributed by atoms with Crippen LogP contribution in [0.5, 0.6) is 11.5 Å². The molecule has 4 rings (SSSR count). The Morgan fingerprint density at radius 1 is 1.11 bits per heavy atom. The maximum Gasteiger partial charge on any atom is 0.409 e. The van der Waals surface area contributed by atoms with Crippen LogP contribution in [-0.4, -0.2) is 77.6 Å². The smallest absolute Gasteiger partial charge is 0.409 e. The molecule has 2 aromatic rings. The van der Waals surface area contributed by atoms with Gasteiger partial charge in [0.25, 0.3) is 11.7 Å². The van der Waals surface area contributed by atoms with Gasteiger partial charge in [-0.15, -0.1) is 0 Å². The second-order valence-electron chi connectivity index (χ2n) is 8.44. The highest BCUT2D eigenvalue weighted by molar-refractivity contribution is 6.46. The molecule has 10 heteroatoms. The molecular formula is C26H29N3O7. The zero-order chi connectivity index (χ0) is 25.8. The SMILES string of the molecule is CCOC(=O)N1CCC(N2C(=O)C(=O)/C(=C(/O)c3cc(OC)ccc3OC)C2c2ccccn2)CC1. The van der Waals surface area contributed by atoms with Gasteiger partial charge < -0.3 is 29.1 Å². The molecule has 190 valence electrons. The topological polar surface area (TPSA) is 119 Å². The third-order valence-electron chi connectivity index (χ3n) is 6.49. The van der Waals surface area contributed by atoms with Crippen molar-refractivity contribution in [2.75, 3.05) is 33.9 Å². The first-order valence-electron chi connectivity index (χ1n) is 11.8. The minimum atomic E-state index is -0.902. The van der Waals surface area contributed by atoms with Crippen LogP contribution in [0.15, 0.2) is 48.2 Å². The summed E-state index contributed by atoms with van der Waals surface area (Å²) in [6.45, 7) is 2.78. The number of aliphatic hydroxyl groups is 1. The van der Waals surface area contributed by atoms with Crippen molar-refractivity contribution in [3.05, 3.63) is 59.4 Å². The van der Waals surface area contributed by atoms with Gasteiger partial charge in [-0.1, -0.05) is 6.07 Å². The summed E-state index contributed by atoms with van der Waals surface area (Å²) in [5, 5.41) is 11.4. The Morgan fingerprint density at radius 2 is 1.86 bits per heavy atom. The summed E-state index contributed by atoms with van der Waals surface area (Å²) in [6.07, 6.45) is 2.09. The number of nitrogens with zero attached hydrogens (tertiary/aromatic N) is 3. The van der Waals surface area contributed by atoms with Crippen LogP contribution in [0.25, 0.3) is 5.76 Å². The average Bonchev–Trinajstić information content (AvgIpc) is 3.18. The Hall–Kier alpha value is -4.08. The molecule has 1 atom stereocenters. The molecule has 2 saturated heterocycles. The van der Waals surface area contributed by atoms with Gasteiger partial charge in [0, 0.05) is 25.3 Å². The van der Waals surface area contributed by atoms with Crippen LogP contribution in [0, 0.1) is 0 Å². The van der Waals surface area contributed by atoms with Gasteiger partial charge in [-0.05, 0) is 50.1 Å². The number of ketones is 1. The lowest BCUT2D eigenvalue weighted by Crippen LogP contribution is -2.48. The lowest BCUT2D eigenvalue weighted by atomic mass is 9.96. The maximum absolute atomic E-state index is 13.4. The molecular weight excluding hydrogens is 466 g/mol. The third-order valence-corrected chi connectivity index (χ3v) is 6.49. The number of ether oxygens (including phenoxy) is 3. The fourth-order valence-electron chi connectivity index (χ4n) is 4.74. The number of benzene rings is 1. The first kappa shape index (κ1) is 25.0. The minimum absolute atomic E-state index is 0.0712. The molecule has 2 aliphatic rings. The minimum Gasteiger partial charge on any atom is -0.507 e. The molecule has 0 bridgehead atoms. The normalized spacial score (nSPS) is 19.9. The highest BCUT2D eigenvalue weighted by Crippen LogP contribution is 2.43. The lowest BCUT2D eigenvalue weighted by Gasteiger charge is -2.38. The molecule has 0 radical (unpaired) electrons. The molecule has 10 nitrogen and oxygen atoms in total. The van der Waals surface area contributed by atoms with Crippen molar-refractivity contribution in [3.63, 3.8) is 0 Å². The summed E-state index contributed by atoms with van der Waals surface area (Å²) in [5.74, 6) is -1.12. The van der Waals surface area contributed by atoms with Crippen LogP contribution >= 0.6 is 0 Å². The molecule has 1 aromatic heterocycles. The molecule has 1 N–H and O–H groups in total. The second-order valence-corrected chi connectivity index (χ2v) is 8.44. The zero-order valence-corrected chi connectivity index (χ0v) is 20.5. The number of likely N-dealkylation sites (tertiary alicyclic amines) is 2. The number of piperidine rings is 1. The number of aromatic nitrogens is 1. The Labute approximate surface area is 209 Å². The van der Waals surface area contributed by atoms with Crippen molar-refractivity contribution in [2.45, 2.75) is 31.8 Å². The third kappa shape index (κ3) is 4.58. The van der Waals surface area contributed by atoms with E-state index in [0.717, 1.165) is 0 Å². The van der Waals surface area contributed by atoms with E-state index in [-0.39, 0.29) is 29.5 Å². The second kappa shape index (κ2) is 10.7. The van der Waals surface area contributed by atoms with Gasteiger partial charge in [0.15, 0.2) is 0 Å². The predicted molar refractivity (Wildman–Crippen MR) is 130 cm³/mol. The van der Waals surface area contributed by atoms with E-state index in [9.17, 15) is 19.5 Å². The molecule has 2 aliphatic heterocycles. The Balaban J connectivity index is 1.77. The zero-order valence-electron chi connectivity index (χ0n) is 20.5. The van der Waals surface area contributed by atoms with Gasteiger partial charge in [-0.2, -0.15) is 0 Å². The van der Waals surface area contributed by atoms with E-state index in [4.69, 9.17) is 14.2 Å². The van der Waals surface area contributed by atoms with Gasteiger partial charge in [0.1, 0.15) is 23.3 Å². The van der Waals surface area contributed by atoms with Crippen molar-refractivity contribution in [3.8, 4) is 11.5 Å². The first-order chi connectivity index (χ1) is 17.4. The first-order valence-corrected chi connectivity index (χ1v) is 11.8. The predicted octanol–water partition coefficient (Wildman–Crippen LogP) is 3.14. The highest BCUT2D eigenvalue weighted by atomic mass is 16.6. The van der Waals surface area contributed by atoms with Crippen molar-refractivity contribution in [1.82, 2.24) is 14.8 Å².